The molecular weight excluding hydrogens is 300 g/mol. The number of hydrogen-bond acceptors (Lipinski definition) is 3. The standard InChI is InChI=1S/C20H28N2O2/c1-20-13-16(22-17(20)9-5-6-10-18(20)23)14-21-19(24)12-11-15-7-3-2-4-8-15/h2-4,7-8,11-12,16-18,22-23H,5-6,9-10,13-14H2,1H3,(H,21,24)/t16-,17-,18+,20-/m1/s1. The van der Waals surface area contributed by atoms with E-state index in [1.807, 2.05) is 36.4 Å². The van der Waals surface area contributed by atoms with Crippen molar-refractivity contribution in [3.63, 3.8) is 0 Å². The van der Waals surface area contributed by atoms with E-state index in [4.69, 9.17) is 0 Å². The summed E-state index contributed by atoms with van der Waals surface area (Å²) in [5.74, 6) is -0.0709. The molecule has 1 saturated heterocycles. The van der Waals surface area contributed by atoms with Crippen LogP contribution in [-0.4, -0.2) is 35.7 Å². The Hall–Kier alpha value is -1.65. The summed E-state index contributed by atoms with van der Waals surface area (Å²) in [5.41, 5.74) is 0.954. The van der Waals surface area contributed by atoms with Crippen LogP contribution >= 0.6 is 0 Å². The number of hydrogen-bond donors (Lipinski definition) is 3. The highest BCUT2D eigenvalue weighted by Crippen LogP contribution is 2.43. The van der Waals surface area contributed by atoms with Crippen molar-refractivity contribution in [3.05, 3.63) is 42.0 Å². The molecule has 1 saturated carbocycles. The molecule has 1 aromatic rings. The van der Waals surface area contributed by atoms with Gasteiger partial charge in [-0.05, 0) is 30.9 Å². The van der Waals surface area contributed by atoms with Crippen molar-refractivity contribution >= 4 is 12.0 Å². The van der Waals surface area contributed by atoms with Gasteiger partial charge in [0, 0.05) is 30.1 Å². The van der Waals surface area contributed by atoms with Crippen molar-refractivity contribution in [2.75, 3.05) is 6.54 Å². The molecule has 4 heteroatoms. The first-order valence-electron chi connectivity index (χ1n) is 9.03. The summed E-state index contributed by atoms with van der Waals surface area (Å²) >= 11 is 0. The Balaban J connectivity index is 1.51. The summed E-state index contributed by atoms with van der Waals surface area (Å²) in [6.45, 7) is 2.80. The maximum atomic E-state index is 12.0. The Labute approximate surface area is 144 Å². The van der Waals surface area contributed by atoms with E-state index in [0.717, 1.165) is 31.2 Å². The highest BCUT2D eigenvalue weighted by Gasteiger charge is 2.48. The average molecular weight is 328 g/mol. The quantitative estimate of drug-likeness (QED) is 0.744. The number of amides is 1. The Morgan fingerprint density at radius 1 is 1.33 bits per heavy atom. The monoisotopic (exact) mass is 328 g/mol. The van der Waals surface area contributed by atoms with Crippen LogP contribution in [-0.2, 0) is 4.79 Å². The average Bonchev–Trinajstić information content (AvgIpc) is 2.86. The lowest BCUT2D eigenvalue weighted by molar-refractivity contribution is -0.116. The molecule has 1 aliphatic carbocycles. The van der Waals surface area contributed by atoms with Crippen molar-refractivity contribution in [1.29, 1.82) is 0 Å². The van der Waals surface area contributed by atoms with E-state index in [2.05, 4.69) is 17.6 Å². The molecule has 3 rings (SSSR count). The van der Waals surface area contributed by atoms with Crippen LogP contribution in [0.25, 0.3) is 6.08 Å². The molecule has 130 valence electrons. The summed E-state index contributed by atoms with van der Waals surface area (Å²) < 4.78 is 0. The van der Waals surface area contributed by atoms with Crippen molar-refractivity contribution in [2.45, 2.75) is 57.2 Å². The van der Waals surface area contributed by atoms with Crippen LogP contribution in [0.1, 0.15) is 44.6 Å². The van der Waals surface area contributed by atoms with Crippen LogP contribution in [0.5, 0.6) is 0 Å². The summed E-state index contributed by atoms with van der Waals surface area (Å²) in [6, 6.07) is 10.4. The fraction of sp³-hybridized carbons (Fsp3) is 0.550. The molecule has 2 fully saturated rings. The van der Waals surface area contributed by atoms with Crippen molar-refractivity contribution in [3.8, 4) is 0 Å². The number of nitrogens with one attached hydrogen (secondary N) is 2. The number of aliphatic hydroxyl groups is 1. The molecule has 1 aromatic carbocycles. The molecule has 1 amide bonds. The topological polar surface area (TPSA) is 61.4 Å². The van der Waals surface area contributed by atoms with Gasteiger partial charge >= 0.3 is 0 Å². The lowest BCUT2D eigenvalue weighted by Crippen LogP contribution is -2.42. The van der Waals surface area contributed by atoms with Gasteiger partial charge in [0.15, 0.2) is 0 Å². The van der Waals surface area contributed by atoms with Crippen LogP contribution in [0.4, 0.5) is 0 Å². The summed E-state index contributed by atoms with van der Waals surface area (Å²) in [4.78, 5) is 12.0. The first kappa shape index (κ1) is 17.2. The fourth-order valence-corrected chi connectivity index (χ4v) is 4.15. The second-order valence-electron chi connectivity index (χ2n) is 7.42. The van der Waals surface area contributed by atoms with Crippen LogP contribution < -0.4 is 10.6 Å². The third-order valence-corrected chi connectivity index (χ3v) is 5.65. The van der Waals surface area contributed by atoms with E-state index in [1.54, 1.807) is 6.08 Å². The predicted molar refractivity (Wildman–Crippen MR) is 96.4 cm³/mol. The molecular formula is C20H28N2O2. The predicted octanol–water partition coefficient (Wildman–Crippen LogP) is 2.49. The number of benzene rings is 1. The molecule has 24 heavy (non-hydrogen) atoms. The third-order valence-electron chi connectivity index (χ3n) is 5.65. The highest BCUT2D eigenvalue weighted by molar-refractivity contribution is 5.91. The van der Waals surface area contributed by atoms with Crippen LogP contribution in [0.2, 0.25) is 0 Å². The molecule has 2 aliphatic rings. The van der Waals surface area contributed by atoms with E-state index < -0.39 is 0 Å². The van der Waals surface area contributed by atoms with Crippen molar-refractivity contribution in [1.82, 2.24) is 10.6 Å². The van der Waals surface area contributed by atoms with E-state index >= 15 is 0 Å². The highest BCUT2D eigenvalue weighted by atomic mass is 16.3. The summed E-state index contributed by atoms with van der Waals surface area (Å²) in [6.07, 6.45) is 8.38. The maximum absolute atomic E-state index is 12.0. The van der Waals surface area contributed by atoms with E-state index in [1.165, 1.54) is 6.42 Å². The summed E-state index contributed by atoms with van der Waals surface area (Å²) in [7, 11) is 0. The van der Waals surface area contributed by atoms with Gasteiger partial charge in [-0.1, -0.05) is 50.1 Å². The zero-order valence-corrected chi connectivity index (χ0v) is 14.4. The van der Waals surface area contributed by atoms with Gasteiger partial charge in [0.2, 0.25) is 5.91 Å². The first-order valence-corrected chi connectivity index (χ1v) is 9.03. The zero-order valence-electron chi connectivity index (χ0n) is 14.4. The summed E-state index contributed by atoms with van der Waals surface area (Å²) in [5, 5.41) is 17.1. The molecule has 1 heterocycles. The van der Waals surface area contributed by atoms with E-state index in [0.29, 0.717) is 12.6 Å². The van der Waals surface area contributed by atoms with Gasteiger partial charge in [-0.25, -0.2) is 0 Å². The van der Waals surface area contributed by atoms with Crippen LogP contribution in [0, 0.1) is 5.41 Å². The minimum Gasteiger partial charge on any atom is -0.392 e. The smallest absolute Gasteiger partial charge is 0.244 e. The molecule has 3 N–H and O–H groups in total. The minimum absolute atomic E-state index is 0.0637. The molecule has 0 unspecified atom stereocenters. The third kappa shape index (κ3) is 3.87. The zero-order chi connectivity index (χ0) is 17.0. The maximum Gasteiger partial charge on any atom is 0.244 e. The largest absolute Gasteiger partial charge is 0.392 e. The molecule has 4 atom stereocenters. The fourth-order valence-electron chi connectivity index (χ4n) is 4.15. The Kier molecular flexibility index (Phi) is 5.36. The number of rotatable bonds is 4. The van der Waals surface area contributed by atoms with Crippen LogP contribution in [0.15, 0.2) is 36.4 Å². The Morgan fingerprint density at radius 2 is 2.08 bits per heavy atom. The van der Waals surface area contributed by atoms with E-state index in [-0.39, 0.29) is 23.5 Å². The molecule has 4 nitrogen and oxygen atoms in total. The molecule has 0 aromatic heterocycles. The first-order chi connectivity index (χ1) is 11.6. The normalized spacial score (nSPS) is 33.2. The van der Waals surface area contributed by atoms with Gasteiger partial charge in [0.25, 0.3) is 0 Å². The second kappa shape index (κ2) is 7.49. The lowest BCUT2D eigenvalue weighted by Gasteiger charge is -2.33. The van der Waals surface area contributed by atoms with Crippen molar-refractivity contribution in [2.24, 2.45) is 5.41 Å². The van der Waals surface area contributed by atoms with Crippen LogP contribution in [0.3, 0.4) is 0 Å². The number of carbonyl (C=O) groups excluding carboxylic acids is 1. The molecule has 0 spiro atoms. The van der Waals surface area contributed by atoms with Gasteiger partial charge in [0.1, 0.15) is 0 Å². The number of carbonyl (C=O) groups is 1. The van der Waals surface area contributed by atoms with Crippen molar-refractivity contribution < 1.29 is 9.90 Å². The minimum atomic E-state index is -0.240. The van der Waals surface area contributed by atoms with Gasteiger partial charge in [-0.2, -0.15) is 0 Å². The lowest BCUT2D eigenvalue weighted by atomic mass is 9.75. The SMILES string of the molecule is C[C@@]12C[C@H](CNC(=O)C=Cc3ccccc3)N[C@@H]1CCCC[C@@H]2O. The molecule has 0 radical (unpaired) electrons. The number of fused-ring (bicyclic) bond motifs is 1. The van der Waals surface area contributed by atoms with Gasteiger partial charge in [-0.15, -0.1) is 0 Å². The van der Waals surface area contributed by atoms with Gasteiger partial charge < -0.3 is 15.7 Å². The molecule has 1 aliphatic heterocycles. The molecule has 0 bridgehead atoms. The number of aliphatic hydroxyl groups excluding tert-OH is 1. The van der Waals surface area contributed by atoms with E-state index in [9.17, 15) is 9.90 Å². The second-order valence-corrected chi connectivity index (χ2v) is 7.42. The van der Waals surface area contributed by atoms with Gasteiger partial charge in [-0.3, -0.25) is 4.79 Å². The Bertz CT molecular complexity index is 587. The Morgan fingerprint density at radius 3 is 2.88 bits per heavy atom. The van der Waals surface area contributed by atoms with Gasteiger partial charge in [0.05, 0.1) is 6.10 Å².